The van der Waals surface area contributed by atoms with E-state index in [0.29, 0.717) is 45.1 Å². The van der Waals surface area contributed by atoms with E-state index in [4.69, 9.17) is 5.73 Å². The van der Waals surface area contributed by atoms with Crippen molar-refractivity contribution in [1.29, 1.82) is 0 Å². The smallest absolute Gasteiger partial charge is 0.306 e. The number of unbranched alkanes of at least 4 members (excludes halogenated alkanes) is 2. The highest BCUT2D eigenvalue weighted by Crippen LogP contribution is 2.25. The van der Waals surface area contributed by atoms with E-state index in [1.807, 2.05) is 41.5 Å². The molecule has 67 heavy (non-hydrogen) atoms. The Labute approximate surface area is 396 Å². The molecule has 0 radical (unpaired) electrons. The predicted molar refractivity (Wildman–Crippen MR) is 250 cm³/mol. The van der Waals surface area contributed by atoms with Gasteiger partial charge in [0, 0.05) is 75.8 Å². The van der Waals surface area contributed by atoms with E-state index in [0.717, 1.165) is 19.3 Å². The summed E-state index contributed by atoms with van der Waals surface area (Å²) < 4.78 is 0. The number of likely N-dealkylation sites (tertiary alicyclic amines) is 1. The third-order valence-corrected chi connectivity index (χ3v) is 12.7. The first-order chi connectivity index (χ1) is 31.5. The van der Waals surface area contributed by atoms with Crippen molar-refractivity contribution in [2.45, 2.75) is 201 Å². The van der Waals surface area contributed by atoms with Crippen LogP contribution in [0.3, 0.4) is 0 Å². The van der Waals surface area contributed by atoms with Crippen LogP contribution in [-0.4, -0.2) is 118 Å². The SMILES string of the molecule is CCCCC[C@H](CC(=O)[C@@H]1CCCN1C(=O)CCC(=O)[C@H](C)NC(=O)[C@@H](CC(=O)CNC(=O)[C@@H](CC(=O)[C@H](CCC(N)=O)NC(=O)CCC(=O)[C@@H]1CC[C@@H](C)N1)CC(C)C)CC(C)C)C(=O)O. The molecule has 378 valence electrons. The molecule has 5 amide bonds. The molecule has 0 aliphatic carbocycles. The second-order valence-electron chi connectivity index (χ2n) is 19.7. The molecule has 0 unspecified atom stereocenters. The van der Waals surface area contributed by atoms with Crippen molar-refractivity contribution in [3.63, 3.8) is 0 Å². The molecule has 2 heterocycles. The number of carbonyl (C=O) groups excluding carboxylic acids is 10. The second-order valence-corrected chi connectivity index (χ2v) is 19.7. The van der Waals surface area contributed by atoms with E-state index in [1.165, 1.54) is 11.8 Å². The van der Waals surface area contributed by atoms with Crippen LogP contribution in [0.1, 0.15) is 170 Å². The summed E-state index contributed by atoms with van der Waals surface area (Å²) >= 11 is 0. The molecule has 2 aliphatic rings. The van der Waals surface area contributed by atoms with E-state index < -0.39 is 95.3 Å². The van der Waals surface area contributed by atoms with Crippen molar-refractivity contribution in [1.82, 2.24) is 26.2 Å². The Kier molecular flexibility index (Phi) is 25.9. The Bertz CT molecular complexity index is 1750. The summed E-state index contributed by atoms with van der Waals surface area (Å²) in [6, 6.07) is -2.98. The van der Waals surface area contributed by atoms with Crippen molar-refractivity contribution in [2.24, 2.45) is 35.3 Å². The van der Waals surface area contributed by atoms with Crippen LogP contribution in [-0.2, 0) is 52.7 Å². The molecule has 0 spiro atoms. The first-order valence-corrected chi connectivity index (χ1v) is 24.6. The van der Waals surface area contributed by atoms with Crippen LogP contribution < -0.4 is 27.0 Å². The molecular weight excluding hydrogens is 865 g/mol. The molecule has 0 aromatic rings. The lowest BCUT2D eigenvalue weighted by molar-refractivity contribution is -0.145. The Morgan fingerprint density at radius 3 is 1.94 bits per heavy atom. The van der Waals surface area contributed by atoms with Gasteiger partial charge in [0.05, 0.1) is 36.6 Å². The second kappa shape index (κ2) is 29.8. The number of nitrogens with one attached hydrogen (secondary N) is 4. The summed E-state index contributed by atoms with van der Waals surface area (Å²) in [6.45, 7) is 12.8. The van der Waals surface area contributed by atoms with Gasteiger partial charge < -0.3 is 37.0 Å². The number of rotatable bonds is 34. The van der Waals surface area contributed by atoms with Gasteiger partial charge in [-0.3, -0.25) is 52.7 Å². The number of carbonyl (C=O) groups is 11. The van der Waals surface area contributed by atoms with Crippen LogP contribution in [0.25, 0.3) is 0 Å². The van der Waals surface area contributed by atoms with Gasteiger partial charge in [-0.1, -0.05) is 53.9 Å². The Morgan fingerprint density at radius 1 is 0.701 bits per heavy atom. The minimum atomic E-state index is -1.13. The number of hydrogen-bond donors (Lipinski definition) is 6. The molecule has 18 heteroatoms. The lowest BCUT2D eigenvalue weighted by Gasteiger charge is -2.25. The number of ketones is 5. The molecule has 7 N–H and O–H groups in total. The van der Waals surface area contributed by atoms with Crippen molar-refractivity contribution in [3.8, 4) is 0 Å². The fourth-order valence-electron chi connectivity index (χ4n) is 8.96. The highest BCUT2D eigenvalue weighted by atomic mass is 16.4. The van der Waals surface area contributed by atoms with E-state index >= 15 is 0 Å². The minimum Gasteiger partial charge on any atom is -0.481 e. The van der Waals surface area contributed by atoms with Gasteiger partial charge >= 0.3 is 5.97 Å². The van der Waals surface area contributed by atoms with Crippen LogP contribution in [0, 0.1) is 29.6 Å². The van der Waals surface area contributed by atoms with Crippen molar-refractivity contribution < 1.29 is 57.8 Å². The number of nitrogens with two attached hydrogens (primary N) is 1. The monoisotopic (exact) mass is 945 g/mol. The van der Waals surface area contributed by atoms with E-state index in [-0.39, 0.29) is 99.7 Å². The zero-order valence-corrected chi connectivity index (χ0v) is 41.1. The van der Waals surface area contributed by atoms with Crippen LogP contribution in [0.4, 0.5) is 0 Å². The van der Waals surface area contributed by atoms with Crippen molar-refractivity contribution in [3.05, 3.63) is 0 Å². The molecule has 8 atom stereocenters. The number of Topliss-reactive ketones (excluding diaryl/α,β-unsaturated/α-hetero) is 5. The molecule has 2 aliphatic heterocycles. The average Bonchev–Trinajstić information content (AvgIpc) is 3.93. The van der Waals surface area contributed by atoms with Gasteiger partial charge in [-0.25, -0.2) is 0 Å². The van der Waals surface area contributed by atoms with E-state index in [2.05, 4.69) is 21.3 Å². The number of carboxylic acids is 1. The van der Waals surface area contributed by atoms with Crippen LogP contribution in [0.5, 0.6) is 0 Å². The molecule has 0 bridgehead atoms. The largest absolute Gasteiger partial charge is 0.481 e. The number of carboxylic acid groups (broad SMARTS) is 1. The van der Waals surface area contributed by atoms with Gasteiger partial charge in [0.2, 0.25) is 29.5 Å². The molecule has 2 saturated heterocycles. The molecule has 2 fully saturated rings. The summed E-state index contributed by atoms with van der Waals surface area (Å²) in [5.41, 5.74) is 5.35. The maximum Gasteiger partial charge on any atom is 0.306 e. The van der Waals surface area contributed by atoms with Gasteiger partial charge in [-0.2, -0.15) is 0 Å². The maximum absolute atomic E-state index is 13.6. The van der Waals surface area contributed by atoms with Gasteiger partial charge in [0.15, 0.2) is 23.1 Å². The number of aliphatic carboxylic acids is 1. The van der Waals surface area contributed by atoms with Gasteiger partial charge in [-0.05, 0) is 77.0 Å². The summed E-state index contributed by atoms with van der Waals surface area (Å²) in [6.07, 6.45) is 4.39. The van der Waals surface area contributed by atoms with E-state index in [1.54, 1.807) is 0 Å². The van der Waals surface area contributed by atoms with Crippen molar-refractivity contribution >= 4 is 64.4 Å². The number of primary amides is 1. The summed E-state index contributed by atoms with van der Waals surface area (Å²) in [5, 5.41) is 20.8. The molecule has 2 rings (SSSR count). The molecular formula is C49H80N6O12. The first-order valence-electron chi connectivity index (χ1n) is 24.6. The summed E-state index contributed by atoms with van der Waals surface area (Å²) in [7, 11) is 0. The normalized spacial score (nSPS) is 19.2. The van der Waals surface area contributed by atoms with Gasteiger partial charge in [-0.15, -0.1) is 0 Å². The number of hydrogen-bond acceptors (Lipinski definition) is 12. The molecule has 0 aromatic carbocycles. The number of amides is 5. The topological polar surface area (TPSA) is 285 Å². The fourth-order valence-corrected chi connectivity index (χ4v) is 8.96. The maximum atomic E-state index is 13.6. The van der Waals surface area contributed by atoms with Crippen LogP contribution >= 0.6 is 0 Å². The molecule has 18 nitrogen and oxygen atoms in total. The van der Waals surface area contributed by atoms with Gasteiger partial charge in [0.1, 0.15) is 5.78 Å². The third-order valence-electron chi connectivity index (χ3n) is 12.7. The van der Waals surface area contributed by atoms with Crippen molar-refractivity contribution in [2.75, 3.05) is 13.1 Å². The standard InChI is InChI=1S/C49H80N6O12/c1-8-9-10-12-33(49(66)67)26-43(60)39-13-11-22-55(39)46(63)21-18-40(57)32(7)53-48(65)34(23-29(2)3)25-36(56)28-51-47(64)35(24-30(4)5)27-42(59)38(16-19-44(50)61)54-45(62)20-17-41(58)37-15-14-31(6)52-37/h29-35,37-39,52H,8-28H2,1-7H3,(H2,50,61)(H,51,64)(H,53,65)(H,54,62)(H,66,67)/t31-,32+,33-,34-,35-,37+,38+,39+/m1/s1. The van der Waals surface area contributed by atoms with Crippen LogP contribution in [0.15, 0.2) is 0 Å². The fraction of sp³-hybridized carbons (Fsp3) is 0.776. The Hall–Kier alpha value is -4.87. The minimum absolute atomic E-state index is 0.0157. The summed E-state index contributed by atoms with van der Waals surface area (Å²) in [4.78, 5) is 144. The van der Waals surface area contributed by atoms with E-state index in [9.17, 15) is 57.8 Å². The quantitative estimate of drug-likeness (QED) is 0.0503. The highest BCUT2D eigenvalue weighted by Gasteiger charge is 2.37. The van der Waals surface area contributed by atoms with Gasteiger partial charge in [0.25, 0.3) is 0 Å². The lowest BCUT2D eigenvalue weighted by Crippen LogP contribution is -2.45. The average molecular weight is 945 g/mol. The number of nitrogens with zero attached hydrogens (tertiary/aromatic N) is 1. The molecule has 0 saturated carbocycles. The lowest BCUT2D eigenvalue weighted by atomic mass is 9.88. The zero-order chi connectivity index (χ0) is 50.4. The summed E-state index contributed by atoms with van der Waals surface area (Å²) in [5.74, 6) is -8.15. The third kappa shape index (κ3) is 21.8. The van der Waals surface area contributed by atoms with Crippen LogP contribution in [0.2, 0.25) is 0 Å². The first kappa shape index (κ1) is 58.3. The Balaban J connectivity index is 1.98. The predicted octanol–water partition coefficient (Wildman–Crippen LogP) is 3.67. The molecule has 0 aromatic heterocycles. The zero-order valence-electron chi connectivity index (χ0n) is 41.1. The highest BCUT2D eigenvalue weighted by molar-refractivity contribution is 5.97. The Morgan fingerprint density at radius 2 is 1.36 bits per heavy atom.